The summed E-state index contributed by atoms with van der Waals surface area (Å²) >= 11 is 0. The van der Waals surface area contributed by atoms with Gasteiger partial charge in [0.2, 0.25) is 0 Å². The van der Waals surface area contributed by atoms with Gasteiger partial charge in [0.15, 0.2) is 0 Å². The lowest BCUT2D eigenvalue weighted by Crippen LogP contribution is -1.96. The van der Waals surface area contributed by atoms with Gasteiger partial charge in [0.05, 0.1) is 44.1 Å². The van der Waals surface area contributed by atoms with Gasteiger partial charge in [-0.25, -0.2) is 0 Å². The van der Waals surface area contributed by atoms with Crippen molar-refractivity contribution >= 4 is 152 Å². The average Bonchev–Trinajstić information content (AvgIpc) is 1.75. The Morgan fingerprint density at radius 3 is 0.909 bits per heavy atom. The van der Waals surface area contributed by atoms with Crippen molar-refractivity contribution in [2.45, 2.75) is 0 Å². The maximum absolute atomic E-state index is 2.47. The third-order valence-electron chi connectivity index (χ3n) is 18.9. The molecule has 0 saturated heterocycles. The molecule has 408 valence electrons. The normalized spacial score (nSPS) is 12.1. The highest BCUT2D eigenvalue weighted by Crippen LogP contribution is 2.45. The zero-order valence-electron chi connectivity index (χ0n) is 47.8. The molecule has 0 aliphatic carbocycles. The molecule has 0 radical (unpaired) electrons. The van der Waals surface area contributed by atoms with E-state index in [0.717, 1.165) is 0 Å². The first-order valence-electron chi connectivity index (χ1n) is 30.4. The van der Waals surface area contributed by atoms with Crippen molar-refractivity contribution in [3.63, 3.8) is 0 Å². The van der Waals surface area contributed by atoms with Gasteiger partial charge >= 0.3 is 0 Å². The standard InChI is InChI=1S/2C42H26N2/c1-2-13-30(14-3-1)44-37-25-21-31(26-36(37)35-22-18-29-12-6-9-17-34(29)42(35)44)43-38-23-19-27-10-4-7-15-32(27)40(38)41-33-16-8-5-11-28(33)20-24-39(41)43;1-2-14-31(15-3-1)43-37-23-20-32(26-36(37)35-24-29-12-4-5-13-30(29)25-40(35)43)44-38-21-18-27-10-6-8-16-33(27)41(38)42-34-17-9-7-11-28(34)19-22-39(42)44/h2*1-26H. The Labute approximate surface area is 505 Å². The van der Waals surface area contributed by atoms with Crippen LogP contribution in [0.5, 0.6) is 0 Å². The largest absolute Gasteiger partial charge is 0.309 e. The van der Waals surface area contributed by atoms with Gasteiger partial charge < -0.3 is 18.3 Å². The molecule has 4 heteroatoms. The van der Waals surface area contributed by atoms with E-state index < -0.39 is 0 Å². The van der Waals surface area contributed by atoms with Crippen molar-refractivity contribution in [1.82, 2.24) is 18.3 Å². The summed E-state index contributed by atoms with van der Waals surface area (Å²) in [5.41, 5.74) is 14.5. The highest BCUT2D eigenvalue weighted by atomic mass is 15.0. The summed E-state index contributed by atoms with van der Waals surface area (Å²) in [6.45, 7) is 0. The Bertz CT molecular complexity index is 5900. The highest BCUT2D eigenvalue weighted by molar-refractivity contribution is 6.30. The van der Waals surface area contributed by atoms with Gasteiger partial charge in [-0.15, -0.1) is 0 Å². The summed E-state index contributed by atoms with van der Waals surface area (Å²) in [6, 6.07) is 116. The fraction of sp³-hybridized carbons (Fsp3) is 0. The lowest BCUT2D eigenvalue weighted by atomic mass is 10.00. The molecule has 20 aromatic rings. The van der Waals surface area contributed by atoms with Crippen molar-refractivity contribution < 1.29 is 0 Å². The quantitative estimate of drug-likeness (QED) is 0.167. The maximum atomic E-state index is 2.47. The van der Waals surface area contributed by atoms with Gasteiger partial charge in [0, 0.05) is 71.2 Å². The van der Waals surface area contributed by atoms with Crippen LogP contribution in [0.3, 0.4) is 0 Å². The van der Waals surface area contributed by atoms with E-state index in [4.69, 9.17) is 0 Å². The molecule has 4 heterocycles. The van der Waals surface area contributed by atoms with Crippen LogP contribution in [0.15, 0.2) is 315 Å². The van der Waals surface area contributed by atoms with E-state index in [-0.39, 0.29) is 0 Å². The monoisotopic (exact) mass is 1120 g/mol. The van der Waals surface area contributed by atoms with E-state index in [2.05, 4.69) is 334 Å². The summed E-state index contributed by atoms with van der Waals surface area (Å²) in [5.74, 6) is 0. The molecule has 0 aliphatic heterocycles. The van der Waals surface area contributed by atoms with E-state index in [1.165, 1.54) is 175 Å². The van der Waals surface area contributed by atoms with Crippen LogP contribution >= 0.6 is 0 Å². The Morgan fingerprint density at radius 2 is 0.455 bits per heavy atom. The first-order chi connectivity index (χ1) is 43.7. The summed E-state index contributed by atoms with van der Waals surface area (Å²) in [5, 5.41) is 25.5. The minimum atomic E-state index is 1.17. The number of nitrogens with zero attached hydrogens (tertiary/aromatic N) is 4. The minimum Gasteiger partial charge on any atom is -0.309 e. The minimum absolute atomic E-state index is 1.17. The van der Waals surface area contributed by atoms with Crippen molar-refractivity contribution in [3.8, 4) is 22.7 Å². The predicted octanol–water partition coefficient (Wildman–Crippen LogP) is 22.7. The smallest absolute Gasteiger partial charge is 0.0619 e. The van der Waals surface area contributed by atoms with Crippen LogP contribution in [-0.2, 0) is 0 Å². The molecular formula is C84H52N4. The summed E-state index contributed by atoms with van der Waals surface area (Å²) in [4.78, 5) is 0. The molecule has 0 saturated carbocycles. The van der Waals surface area contributed by atoms with E-state index in [9.17, 15) is 0 Å². The fourth-order valence-electron chi connectivity index (χ4n) is 15.1. The number of rotatable bonds is 4. The number of benzene rings is 16. The average molecular weight is 1120 g/mol. The Hall–Kier alpha value is -11.7. The van der Waals surface area contributed by atoms with Crippen molar-refractivity contribution in [3.05, 3.63) is 315 Å². The molecule has 0 amide bonds. The van der Waals surface area contributed by atoms with Gasteiger partial charge in [-0.1, -0.05) is 218 Å². The van der Waals surface area contributed by atoms with E-state index in [0.29, 0.717) is 0 Å². The molecule has 0 bridgehead atoms. The number of hydrogen-bond donors (Lipinski definition) is 0. The summed E-state index contributed by atoms with van der Waals surface area (Å²) < 4.78 is 9.78. The van der Waals surface area contributed by atoms with E-state index in [1.54, 1.807) is 0 Å². The molecule has 0 spiro atoms. The Balaban J connectivity index is 0.000000128. The first kappa shape index (κ1) is 48.6. The second kappa shape index (κ2) is 18.9. The van der Waals surface area contributed by atoms with Crippen molar-refractivity contribution in [2.75, 3.05) is 0 Å². The lowest BCUT2D eigenvalue weighted by Gasteiger charge is -2.11. The molecule has 0 fully saturated rings. The Morgan fingerprint density at radius 1 is 0.148 bits per heavy atom. The first-order valence-corrected chi connectivity index (χ1v) is 30.4. The van der Waals surface area contributed by atoms with Gasteiger partial charge in [-0.05, 0) is 156 Å². The van der Waals surface area contributed by atoms with Gasteiger partial charge in [-0.2, -0.15) is 0 Å². The predicted molar refractivity (Wildman–Crippen MR) is 375 cm³/mol. The second-order valence-corrected chi connectivity index (χ2v) is 23.5. The van der Waals surface area contributed by atoms with Crippen LogP contribution in [0.4, 0.5) is 0 Å². The van der Waals surface area contributed by atoms with Crippen LogP contribution in [0.1, 0.15) is 0 Å². The molecule has 0 atom stereocenters. The van der Waals surface area contributed by atoms with Gasteiger partial charge in [0.1, 0.15) is 0 Å². The molecule has 20 rings (SSSR count). The Kier molecular flexibility index (Phi) is 10.4. The van der Waals surface area contributed by atoms with Gasteiger partial charge in [0.25, 0.3) is 0 Å². The van der Waals surface area contributed by atoms with Crippen LogP contribution in [0.25, 0.3) is 175 Å². The number of hydrogen-bond acceptors (Lipinski definition) is 0. The second-order valence-electron chi connectivity index (χ2n) is 23.5. The van der Waals surface area contributed by atoms with Crippen molar-refractivity contribution in [2.24, 2.45) is 0 Å². The molecule has 0 unspecified atom stereocenters. The van der Waals surface area contributed by atoms with Crippen LogP contribution in [0.2, 0.25) is 0 Å². The van der Waals surface area contributed by atoms with Crippen LogP contribution in [0, 0.1) is 0 Å². The van der Waals surface area contributed by atoms with Crippen molar-refractivity contribution in [1.29, 1.82) is 0 Å². The zero-order valence-corrected chi connectivity index (χ0v) is 47.8. The lowest BCUT2D eigenvalue weighted by molar-refractivity contribution is 1.17. The zero-order chi connectivity index (χ0) is 57.6. The molecule has 16 aromatic carbocycles. The molecule has 0 N–H and O–H groups in total. The topological polar surface area (TPSA) is 19.7 Å². The summed E-state index contributed by atoms with van der Waals surface area (Å²) in [6.07, 6.45) is 0. The number of fused-ring (bicyclic) bond motifs is 23. The van der Waals surface area contributed by atoms with Crippen LogP contribution < -0.4 is 0 Å². The number of aromatic nitrogens is 4. The third-order valence-corrected chi connectivity index (χ3v) is 18.9. The van der Waals surface area contributed by atoms with E-state index >= 15 is 0 Å². The third kappa shape index (κ3) is 7.08. The van der Waals surface area contributed by atoms with Gasteiger partial charge in [-0.3, -0.25) is 0 Å². The van der Waals surface area contributed by atoms with E-state index in [1.807, 2.05) is 0 Å². The van der Waals surface area contributed by atoms with Crippen LogP contribution in [-0.4, -0.2) is 18.3 Å². The molecule has 0 aliphatic rings. The number of para-hydroxylation sites is 2. The molecule has 88 heavy (non-hydrogen) atoms. The molecular weight excluding hydrogens is 1060 g/mol. The SMILES string of the molecule is c1ccc(-n2c3ccc(-n4c5ccc6ccccc6c5c5c6ccccc6ccc54)cc3c3cc4ccccc4cc32)cc1.c1ccc(-n2c3ccc(-n4c5ccc6ccccc6c5c5c6ccccc6ccc54)cc3c3ccc4ccccc4c32)cc1. The molecule has 4 nitrogen and oxygen atoms in total. The molecule has 4 aromatic heterocycles. The highest BCUT2D eigenvalue weighted by Gasteiger charge is 2.23. The maximum Gasteiger partial charge on any atom is 0.0619 e. The summed E-state index contributed by atoms with van der Waals surface area (Å²) in [7, 11) is 0. The fourth-order valence-corrected chi connectivity index (χ4v) is 15.1.